The van der Waals surface area contributed by atoms with Gasteiger partial charge in [-0.05, 0) is 82.8 Å². The molecule has 23 heavy (non-hydrogen) atoms. The highest BCUT2D eigenvalue weighted by atomic mass is 15.2. The van der Waals surface area contributed by atoms with Crippen molar-refractivity contribution < 1.29 is 0 Å². The average molecular weight is 318 g/mol. The second-order valence-electron chi connectivity index (χ2n) is 9.30. The van der Waals surface area contributed by atoms with Crippen LogP contribution in [0.15, 0.2) is 0 Å². The number of hydrogen-bond donors (Lipinski definition) is 2. The standard InChI is InChI=1S/C20H35N3/c1-3-9-21-18(8-1)20-13-16(12-15-6-5-10-22-19(15)20)17-7-2-4-11-23(17)14-20/h15-19,21-22H,1-14H2/t15-,16+,17-,18+,19+,20+/m1/s1. The predicted octanol–water partition coefficient (Wildman–Crippen LogP) is 2.76. The zero-order chi connectivity index (χ0) is 15.3. The van der Waals surface area contributed by atoms with Crippen molar-refractivity contribution in [1.82, 2.24) is 15.5 Å². The number of rotatable bonds is 1. The topological polar surface area (TPSA) is 27.3 Å². The molecule has 0 amide bonds. The summed E-state index contributed by atoms with van der Waals surface area (Å²) in [7, 11) is 0. The first-order valence-electron chi connectivity index (χ1n) is 10.6. The van der Waals surface area contributed by atoms with Crippen LogP contribution in [0.25, 0.3) is 0 Å². The molecule has 0 spiro atoms. The highest BCUT2D eigenvalue weighted by molar-refractivity contribution is 5.14. The van der Waals surface area contributed by atoms with E-state index in [0.717, 1.165) is 30.0 Å². The van der Waals surface area contributed by atoms with Crippen molar-refractivity contribution in [2.45, 2.75) is 82.3 Å². The normalized spacial score (nSPS) is 50.9. The summed E-state index contributed by atoms with van der Waals surface area (Å²) in [4.78, 5) is 2.94. The highest BCUT2D eigenvalue weighted by Crippen LogP contribution is 2.55. The van der Waals surface area contributed by atoms with E-state index in [2.05, 4.69) is 15.5 Å². The number of hydrogen-bond acceptors (Lipinski definition) is 3. The second-order valence-corrected chi connectivity index (χ2v) is 9.30. The Bertz CT molecular complexity index is 431. The summed E-state index contributed by atoms with van der Waals surface area (Å²) in [5, 5.41) is 8.04. The number of nitrogens with zero attached hydrogens (tertiary/aromatic N) is 1. The molecule has 5 rings (SSSR count). The molecule has 3 heteroatoms. The van der Waals surface area contributed by atoms with Crippen LogP contribution in [0.3, 0.4) is 0 Å². The fourth-order valence-electron chi connectivity index (χ4n) is 7.36. The molecule has 0 aromatic heterocycles. The van der Waals surface area contributed by atoms with E-state index in [0.29, 0.717) is 5.41 Å². The molecule has 4 heterocycles. The summed E-state index contributed by atoms with van der Waals surface area (Å²) in [6, 6.07) is 2.51. The zero-order valence-corrected chi connectivity index (χ0v) is 14.7. The third kappa shape index (κ3) is 2.41. The minimum Gasteiger partial charge on any atom is -0.313 e. The first-order valence-corrected chi connectivity index (χ1v) is 10.6. The van der Waals surface area contributed by atoms with Crippen LogP contribution in [-0.4, -0.2) is 49.2 Å². The van der Waals surface area contributed by atoms with Gasteiger partial charge in [0.15, 0.2) is 0 Å². The molecule has 4 saturated heterocycles. The Morgan fingerprint density at radius 3 is 2.65 bits per heavy atom. The van der Waals surface area contributed by atoms with Crippen LogP contribution in [0.5, 0.6) is 0 Å². The van der Waals surface area contributed by atoms with Crippen LogP contribution < -0.4 is 10.6 Å². The van der Waals surface area contributed by atoms with Gasteiger partial charge in [0.05, 0.1) is 0 Å². The van der Waals surface area contributed by atoms with Crippen LogP contribution in [0.4, 0.5) is 0 Å². The van der Waals surface area contributed by atoms with Gasteiger partial charge in [0.1, 0.15) is 0 Å². The SMILES string of the molecule is C1CC[C@@H]([C@@]23C[C@H](C[C@H]4CCCN[C@@H]42)[C@H]2CCCCN2C3)NC1. The van der Waals surface area contributed by atoms with Gasteiger partial charge < -0.3 is 10.6 Å². The summed E-state index contributed by atoms with van der Waals surface area (Å²) in [6.45, 7) is 5.30. The highest BCUT2D eigenvalue weighted by Gasteiger charge is 2.58. The van der Waals surface area contributed by atoms with Crippen molar-refractivity contribution in [2.75, 3.05) is 26.2 Å². The van der Waals surface area contributed by atoms with Gasteiger partial charge in [-0.3, -0.25) is 4.90 Å². The molecule has 1 saturated carbocycles. The molecule has 5 fully saturated rings. The van der Waals surface area contributed by atoms with Crippen molar-refractivity contribution >= 4 is 0 Å². The van der Waals surface area contributed by atoms with E-state index in [1.165, 1.54) is 90.4 Å². The number of piperidine rings is 4. The van der Waals surface area contributed by atoms with Crippen LogP contribution in [0.1, 0.15) is 64.2 Å². The number of fused-ring (bicyclic) bond motifs is 6. The van der Waals surface area contributed by atoms with Crippen molar-refractivity contribution in [1.29, 1.82) is 0 Å². The first kappa shape index (κ1) is 15.2. The van der Waals surface area contributed by atoms with Gasteiger partial charge in [0.25, 0.3) is 0 Å². The quantitative estimate of drug-likeness (QED) is 0.779. The van der Waals surface area contributed by atoms with E-state index >= 15 is 0 Å². The third-order valence-corrected chi connectivity index (χ3v) is 8.16. The lowest BCUT2D eigenvalue weighted by Gasteiger charge is -2.64. The lowest BCUT2D eigenvalue weighted by atomic mass is 9.52. The smallest absolute Gasteiger partial charge is 0.0179 e. The predicted molar refractivity (Wildman–Crippen MR) is 94.5 cm³/mol. The molecule has 130 valence electrons. The van der Waals surface area contributed by atoms with Crippen molar-refractivity contribution in [2.24, 2.45) is 17.3 Å². The summed E-state index contributed by atoms with van der Waals surface area (Å²) >= 11 is 0. The number of nitrogens with one attached hydrogen (secondary N) is 2. The first-order chi connectivity index (χ1) is 11.4. The monoisotopic (exact) mass is 317 g/mol. The Balaban J connectivity index is 1.50. The maximum absolute atomic E-state index is 4.04. The maximum Gasteiger partial charge on any atom is 0.0179 e. The molecular weight excluding hydrogens is 282 g/mol. The summed E-state index contributed by atoms with van der Waals surface area (Å²) in [5.41, 5.74) is 0.530. The fraction of sp³-hybridized carbons (Fsp3) is 1.00. The van der Waals surface area contributed by atoms with Gasteiger partial charge in [-0.25, -0.2) is 0 Å². The molecule has 0 aromatic carbocycles. The van der Waals surface area contributed by atoms with Crippen LogP contribution >= 0.6 is 0 Å². The van der Waals surface area contributed by atoms with E-state index in [9.17, 15) is 0 Å². The summed E-state index contributed by atoms with van der Waals surface area (Å²) in [5.74, 6) is 1.96. The van der Waals surface area contributed by atoms with Crippen molar-refractivity contribution in [3.63, 3.8) is 0 Å². The molecule has 3 nitrogen and oxygen atoms in total. The Kier molecular flexibility index (Phi) is 3.95. The molecule has 4 aliphatic heterocycles. The maximum atomic E-state index is 4.04. The summed E-state index contributed by atoms with van der Waals surface area (Å²) < 4.78 is 0. The van der Waals surface area contributed by atoms with Crippen LogP contribution in [0.2, 0.25) is 0 Å². The van der Waals surface area contributed by atoms with E-state index < -0.39 is 0 Å². The largest absolute Gasteiger partial charge is 0.313 e. The Morgan fingerprint density at radius 1 is 0.826 bits per heavy atom. The second kappa shape index (κ2) is 6.00. The Hall–Kier alpha value is -0.120. The molecule has 1 aliphatic carbocycles. The molecule has 0 unspecified atom stereocenters. The molecule has 6 atom stereocenters. The van der Waals surface area contributed by atoms with Crippen LogP contribution in [0, 0.1) is 17.3 Å². The third-order valence-electron chi connectivity index (χ3n) is 8.16. The lowest BCUT2D eigenvalue weighted by molar-refractivity contribution is -0.117. The Labute approximate surface area is 142 Å². The van der Waals surface area contributed by atoms with Crippen molar-refractivity contribution in [3.05, 3.63) is 0 Å². The van der Waals surface area contributed by atoms with E-state index in [-0.39, 0.29) is 0 Å². The van der Waals surface area contributed by atoms with Gasteiger partial charge in [-0.1, -0.05) is 12.8 Å². The minimum absolute atomic E-state index is 0.530. The molecule has 2 N–H and O–H groups in total. The van der Waals surface area contributed by atoms with E-state index in [1.54, 1.807) is 0 Å². The van der Waals surface area contributed by atoms with Crippen molar-refractivity contribution in [3.8, 4) is 0 Å². The van der Waals surface area contributed by atoms with Gasteiger partial charge in [-0.2, -0.15) is 0 Å². The molecule has 0 radical (unpaired) electrons. The molecular formula is C20H35N3. The lowest BCUT2D eigenvalue weighted by Crippen LogP contribution is -2.72. The molecule has 5 aliphatic rings. The zero-order valence-electron chi connectivity index (χ0n) is 14.7. The van der Waals surface area contributed by atoms with E-state index in [4.69, 9.17) is 0 Å². The molecule has 0 aromatic rings. The minimum atomic E-state index is 0.530. The van der Waals surface area contributed by atoms with Gasteiger partial charge in [0, 0.05) is 30.1 Å². The van der Waals surface area contributed by atoms with Gasteiger partial charge in [-0.15, -0.1) is 0 Å². The van der Waals surface area contributed by atoms with Crippen LogP contribution in [-0.2, 0) is 0 Å². The fourth-order valence-corrected chi connectivity index (χ4v) is 7.36. The van der Waals surface area contributed by atoms with Gasteiger partial charge >= 0.3 is 0 Å². The van der Waals surface area contributed by atoms with Gasteiger partial charge in [0.2, 0.25) is 0 Å². The average Bonchev–Trinajstić information content (AvgIpc) is 2.63. The Morgan fingerprint density at radius 2 is 1.74 bits per heavy atom. The van der Waals surface area contributed by atoms with E-state index in [1.807, 2.05) is 0 Å². The molecule has 2 bridgehead atoms. The summed E-state index contributed by atoms with van der Waals surface area (Å²) in [6.07, 6.45) is 14.6.